The molecular formula is C15H14O6. The number of aliphatic hydroxyl groups excluding tert-OH is 1. The Labute approximate surface area is 121 Å². The van der Waals surface area contributed by atoms with Crippen molar-refractivity contribution in [1.82, 2.24) is 0 Å². The number of aryl methyl sites for hydroxylation is 1. The molecule has 0 aliphatic carbocycles. The first-order valence-electron chi connectivity index (χ1n) is 6.37. The molecule has 1 N–H and O–H groups in total. The molecule has 110 valence electrons. The fourth-order valence-corrected chi connectivity index (χ4v) is 1.93. The van der Waals surface area contributed by atoms with E-state index in [4.69, 9.17) is 4.74 Å². The molecule has 1 aromatic rings. The van der Waals surface area contributed by atoms with Gasteiger partial charge in [0.2, 0.25) is 6.10 Å². The molecule has 1 fully saturated rings. The first-order chi connectivity index (χ1) is 9.95. The highest BCUT2D eigenvalue weighted by atomic mass is 16.6. The molecule has 1 aliphatic heterocycles. The van der Waals surface area contributed by atoms with Crippen molar-refractivity contribution < 1.29 is 29.0 Å². The van der Waals surface area contributed by atoms with Crippen LogP contribution < -0.4 is 0 Å². The summed E-state index contributed by atoms with van der Waals surface area (Å²) in [5.41, 5.74) is 0.891. The minimum atomic E-state index is -1.52. The van der Waals surface area contributed by atoms with Crippen LogP contribution in [0.15, 0.2) is 29.8 Å². The van der Waals surface area contributed by atoms with Crippen LogP contribution in [0, 0.1) is 6.92 Å². The van der Waals surface area contributed by atoms with Crippen molar-refractivity contribution in [2.24, 2.45) is 0 Å². The van der Waals surface area contributed by atoms with Crippen molar-refractivity contribution in [3.63, 3.8) is 0 Å². The summed E-state index contributed by atoms with van der Waals surface area (Å²) in [4.78, 5) is 34.9. The molecule has 0 radical (unpaired) electrons. The Morgan fingerprint density at radius 2 is 1.90 bits per heavy atom. The van der Waals surface area contributed by atoms with Gasteiger partial charge in [0, 0.05) is 5.56 Å². The molecular weight excluding hydrogens is 276 g/mol. The Balaban J connectivity index is 2.47. The highest BCUT2D eigenvalue weighted by Crippen LogP contribution is 2.27. The summed E-state index contributed by atoms with van der Waals surface area (Å²) in [6.07, 6.45) is -1.52. The van der Waals surface area contributed by atoms with Gasteiger partial charge in [-0.15, -0.1) is 0 Å². The third-order valence-electron chi connectivity index (χ3n) is 3.00. The lowest BCUT2D eigenvalue weighted by molar-refractivity contribution is -0.160. The first kappa shape index (κ1) is 14.8. The predicted molar refractivity (Wildman–Crippen MR) is 72.2 cm³/mol. The second-order valence-corrected chi connectivity index (χ2v) is 4.49. The number of ketones is 1. The van der Waals surface area contributed by atoms with Gasteiger partial charge in [-0.3, -0.25) is 4.79 Å². The zero-order valence-corrected chi connectivity index (χ0v) is 11.6. The van der Waals surface area contributed by atoms with Crippen LogP contribution >= 0.6 is 0 Å². The average molecular weight is 290 g/mol. The van der Waals surface area contributed by atoms with Crippen molar-refractivity contribution in [3.05, 3.63) is 41.0 Å². The van der Waals surface area contributed by atoms with Crippen molar-refractivity contribution in [1.29, 1.82) is 0 Å². The van der Waals surface area contributed by atoms with Gasteiger partial charge in [0.25, 0.3) is 5.78 Å². The Bertz CT molecular complexity index is 626. The Hall–Kier alpha value is -2.63. The van der Waals surface area contributed by atoms with Gasteiger partial charge in [0.15, 0.2) is 0 Å². The standard InChI is InChI=1S/C15H14O6/c1-3-20-15(19)13-10(12(17)14(18)21-13)11(16)9-6-4-8(2)5-7-9/h4-7,13,16H,3H2,1-2H3/b11-10-. The molecule has 1 unspecified atom stereocenters. The highest BCUT2D eigenvalue weighted by Gasteiger charge is 2.46. The molecule has 6 nitrogen and oxygen atoms in total. The normalized spacial score (nSPS) is 20.2. The van der Waals surface area contributed by atoms with Gasteiger partial charge in [0.05, 0.1) is 6.61 Å². The average Bonchev–Trinajstić information content (AvgIpc) is 2.75. The third kappa shape index (κ3) is 2.79. The lowest BCUT2D eigenvalue weighted by Gasteiger charge is -2.10. The van der Waals surface area contributed by atoms with E-state index >= 15 is 0 Å². The van der Waals surface area contributed by atoms with Gasteiger partial charge >= 0.3 is 11.9 Å². The fourth-order valence-electron chi connectivity index (χ4n) is 1.93. The molecule has 21 heavy (non-hydrogen) atoms. The van der Waals surface area contributed by atoms with E-state index in [0.29, 0.717) is 5.56 Å². The van der Waals surface area contributed by atoms with E-state index in [1.165, 1.54) is 0 Å². The SMILES string of the molecule is CCOC(=O)C1OC(=O)C(=O)/C1=C(/O)c1ccc(C)cc1. The van der Waals surface area contributed by atoms with E-state index in [9.17, 15) is 19.5 Å². The molecule has 1 heterocycles. The molecule has 1 atom stereocenters. The Kier molecular flexibility index (Phi) is 4.07. The van der Waals surface area contributed by atoms with E-state index in [1.54, 1.807) is 31.2 Å². The molecule has 1 aliphatic rings. The number of aliphatic hydroxyl groups is 1. The molecule has 6 heteroatoms. The highest BCUT2D eigenvalue weighted by molar-refractivity contribution is 6.45. The predicted octanol–water partition coefficient (Wildman–Crippen LogP) is 1.32. The number of cyclic esters (lactones) is 1. The smallest absolute Gasteiger partial charge is 0.380 e. The van der Waals surface area contributed by atoms with Crippen LogP contribution in [0.4, 0.5) is 0 Å². The number of Topliss-reactive ketones (excluding diaryl/α,β-unsaturated/α-hetero) is 1. The summed E-state index contributed by atoms with van der Waals surface area (Å²) in [6, 6.07) is 6.62. The molecule has 0 spiro atoms. The van der Waals surface area contributed by atoms with Crippen LogP contribution in [0.25, 0.3) is 5.76 Å². The van der Waals surface area contributed by atoms with Crippen LogP contribution in [0.2, 0.25) is 0 Å². The minimum Gasteiger partial charge on any atom is -0.507 e. The van der Waals surface area contributed by atoms with Gasteiger partial charge in [-0.25, -0.2) is 9.59 Å². The number of hydrogen-bond donors (Lipinski definition) is 1. The fraction of sp³-hybridized carbons (Fsp3) is 0.267. The van der Waals surface area contributed by atoms with E-state index in [-0.39, 0.29) is 12.2 Å². The number of ether oxygens (including phenoxy) is 2. The third-order valence-corrected chi connectivity index (χ3v) is 3.00. The van der Waals surface area contributed by atoms with Crippen LogP contribution in [-0.2, 0) is 23.9 Å². The van der Waals surface area contributed by atoms with Gasteiger partial charge in [-0.1, -0.05) is 29.8 Å². The maximum absolute atomic E-state index is 11.8. The van der Waals surface area contributed by atoms with Gasteiger partial charge in [0.1, 0.15) is 11.3 Å². The monoisotopic (exact) mass is 290 g/mol. The molecule has 0 amide bonds. The summed E-state index contributed by atoms with van der Waals surface area (Å²) in [5, 5.41) is 10.2. The summed E-state index contributed by atoms with van der Waals surface area (Å²) in [7, 11) is 0. The molecule has 0 aromatic heterocycles. The van der Waals surface area contributed by atoms with Crippen LogP contribution in [0.1, 0.15) is 18.1 Å². The summed E-state index contributed by atoms with van der Waals surface area (Å²) < 4.78 is 9.43. The van der Waals surface area contributed by atoms with Crippen LogP contribution in [-0.4, -0.2) is 35.5 Å². The topological polar surface area (TPSA) is 89.9 Å². The lowest BCUT2D eigenvalue weighted by atomic mass is 10.0. The largest absolute Gasteiger partial charge is 0.507 e. The number of esters is 2. The summed E-state index contributed by atoms with van der Waals surface area (Å²) in [5.74, 6) is -3.55. The van der Waals surface area contributed by atoms with E-state index in [2.05, 4.69) is 4.74 Å². The first-order valence-corrected chi connectivity index (χ1v) is 6.37. The zero-order valence-electron chi connectivity index (χ0n) is 11.6. The maximum Gasteiger partial charge on any atom is 0.380 e. The number of carbonyl (C=O) groups excluding carboxylic acids is 3. The van der Waals surface area contributed by atoms with Gasteiger partial charge < -0.3 is 14.6 Å². The van der Waals surface area contributed by atoms with Gasteiger partial charge in [-0.05, 0) is 13.8 Å². The second kappa shape index (κ2) is 5.78. The number of benzene rings is 1. The van der Waals surface area contributed by atoms with E-state index in [1.807, 2.05) is 6.92 Å². The van der Waals surface area contributed by atoms with Crippen molar-refractivity contribution >= 4 is 23.5 Å². The van der Waals surface area contributed by atoms with Crippen molar-refractivity contribution in [3.8, 4) is 0 Å². The van der Waals surface area contributed by atoms with E-state index < -0.39 is 29.6 Å². The van der Waals surface area contributed by atoms with Crippen molar-refractivity contribution in [2.75, 3.05) is 6.61 Å². The quantitative estimate of drug-likeness (QED) is 0.391. The minimum absolute atomic E-state index is 0.0691. The van der Waals surface area contributed by atoms with Crippen LogP contribution in [0.3, 0.4) is 0 Å². The van der Waals surface area contributed by atoms with E-state index in [0.717, 1.165) is 5.56 Å². The summed E-state index contributed by atoms with van der Waals surface area (Å²) in [6.45, 7) is 3.52. The van der Waals surface area contributed by atoms with Crippen molar-refractivity contribution in [2.45, 2.75) is 20.0 Å². The Morgan fingerprint density at radius 3 is 2.48 bits per heavy atom. The number of rotatable bonds is 3. The molecule has 0 saturated carbocycles. The zero-order chi connectivity index (χ0) is 15.6. The number of hydrogen-bond acceptors (Lipinski definition) is 6. The molecule has 1 saturated heterocycles. The van der Waals surface area contributed by atoms with Crippen LogP contribution in [0.5, 0.6) is 0 Å². The maximum atomic E-state index is 11.8. The molecule has 2 rings (SSSR count). The summed E-state index contributed by atoms with van der Waals surface area (Å²) >= 11 is 0. The lowest BCUT2D eigenvalue weighted by Crippen LogP contribution is -2.25. The van der Waals surface area contributed by atoms with Gasteiger partial charge in [-0.2, -0.15) is 0 Å². The molecule has 1 aromatic carbocycles. The molecule has 0 bridgehead atoms. The second-order valence-electron chi connectivity index (χ2n) is 4.49. The number of carbonyl (C=O) groups is 3. The Morgan fingerprint density at radius 1 is 1.29 bits per heavy atom.